The summed E-state index contributed by atoms with van der Waals surface area (Å²) in [6.45, 7) is 4.48. The molecule has 5 nitrogen and oxygen atoms in total. The summed E-state index contributed by atoms with van der Waals surface area (Å²) in [6, 6.07) is -0.114. The van der Waals surface area contributed by atoms with E-state index in [1.807, 2.05) is 0 Å². The first kappa shape index (κ1) is 12.0. The van der Waals surface area contributed by atoms with Gasteiger partial charge in [0.25, 0.3) is 0 Å². The maximum Gasteiger partial charge on any atom is 0.237 e. The molecule has 4 N–H and O–H groups in total. The van der Waals surface area contributed by atoms with Crippen LogP contribution in [0.4, 0.5) is 0 Å². The molecule has 1 heterocycles. The third kappa shape index (κ3) is 3.87. The predicted octanol–water partition coefficient (Wildman–Crippen LogP) is -0.491. The lowest BCUT2D eigenvalue weighted by atomic mass is 9.99. The fourth-order valence-electron chi connectivity index (χ4n) is 1.81. The van der Waals surface area contributed by atoms with Crippen LogP contribution in [0.1, 0.15) is 33.1 Å². The lowest BCUT2D eigenvalue weighted by Gasteiger charge is -2.26. The maximum atomic E-state index is 11.7. The van der Waals surface area contributed by atoms with Crippen LogP contribution in [0.2, 0.25) is 0 Å². The van der Waals surface area contributed by atoms with Gasteiger partial charge in [-0.2, -0.15) is 0 Å². The van der Waals surface area contributed by atoms with Gasteiger partial charge in [-0.25, -0.2) is 0 Å². The van der Waals surface area contributed by atoms with Crippen LogP contribution in [0.15, 0.2) is 0 Å². The monoisotopic (exact) mass is 213 g/mol. The van der Waals surface area contributed by atoms with Crippen molar-refractivity contribution in [1.82, 2.24) is 10.6 Å². The number of primary amides is 1. The number of amides is 2. The van der Waals surface area contributed by atoms with Crippen LogP contribution >= 0.6 is 0 Å². The van der Waals surface area contributed by atoms with Crippen molar-refractivity contribution in [1.29, 1.82) is 0 Å². The largest absolute Gasteiger partial charge is 0.370 e. The van der Waals surface area contributed by atoms with E-state index in [1.54, 1.807) is 13.8 Å². The zero-order valence-electron chi connectivity index (χ0n) is 9.30. The summed E-state index contributed by atoms with van der Waals surface area (Å²) < 4.78 is 0. The molecule has 0 bridgehead atoms. The molecule has 0 radical (unpaired) electrons. The molecule has 15 heavy (non-hydrogen) atoms. The molecule has 0 aromatic heterocycles. The van der Waals surface area contributed by atoms with E-state index in [4.69, 9.17) is 5.73 Å². The molecule has 0 aromatic carbocycles. The summed E-state index contributed by atoms with van der Waals surface area (Å²) >= 11 is 0. The number of rotatable bonds is 4. The lowest BCUT2D eigenvalue weighted by molar-refractivity contribution is -0.125. The standard InChI is InChI=1S/C10H19N3O2/c1-10(2,6-8(11)14)13-9(15)7-4-3-5-12-7/h7,12H,3-6H2,1-2H3,(H2,11,14)(H,13,15)/t7-/m1/s1. The quantitative estimate of drug-likeness (QED) is 0.589. The number of carbonyl (C=O) groups is 2. The molecule has 0 aliphatic carbocycles. The van der Waals surface area contributed by atoms with E-state index in [0.717, 1.165) is 19.4 Å². The zero-order chi connectivity index (χ0) is 11.5. The predicted molar refractivity (Wildman–Crippen MR) is 57.1 cm³/mol. The Morgan fingerprint density at radius 3 is 2.67 bits per heavy atom. The SMILES string of the molecule is CC(C)(CC(N)=O)NC(=O)[C@H]1CCCN1. The van der Waals surface area contributed by atoms with Crippen molar-refractivity contribution in [2.24, 2.45) is 5.73 Å². The van der Waals surface area contributed by atoms with Gasteiger partial charge in [0.2, 0.25) is 11.8 Å². The average molecular weight is 213 g/mol. The van der Waals surface area contributed by atoms with Crippen LogP contribution in [0, 0.1) is 0 Å². The van der Waals surface area contributed by atoms with Gasteiger partial charge < -0.3 is 16.4 Å². The highest BCUT2D eigenvalue weighted by atomic mass is 16.2. The molecule has 1 rings (SSSR count). The second kappa shape index (κ2) is 4.61. The van der Waals surface area contributed by atoms with Crippen molar-refractivity contribution in [3.63, 3.8) is 0 Å². The molecule has 0 unspecified atom stereocenters. The van der Waals surface area contributed by atoms with Gasteiger partial charge in [-0.1, -0.05) is 0 Å². The maximum absolute atomic E-state index is 11.7. The van der Waals surface area contributed by atoms with Crippen LogP contribution in [-0.2, 0) is 9.59 Å². The van der Waals surface area contributed by atoms with E-state index in [9.17, 15) is 9.59 Å². The Bertz CT molecular complexity index is 257. The molecule has 1 aliphatic heterocycles. The topological polar surface area (TPSA) is 84.2 Å². The van der Waals surface area contributed by atoms with Gasteiger partial charge in [0.05, 0.1) is 6.04 Å². The van der Waals surface area contributed by atoms with E-state index in [1.165, 1.54) is 0 Å². The van der Waals surface area contributed by atoms with E-state index in [-0.39, 0.29) is 18.4 Å². The minimum Gasteiger partial charge on any atom is -0.370 e. The number of carbonyl (C=O) groups excluding carboxylic acids is 2. The van der Waals surface area contributed by atoms with Gasteiger partial charge in [-0.05, 0) is 33.2 Å². The third-order valence-electron chi connectivity index (χ3n) is 2.45. The van der Waals surface area contributed by atoms with Gasteiger partial charge in [-0.15, -0.1) is 0 Å². The molecule has 0 aromatic rings. The number of nitrogens with two attached hydrogens (primary N) is 1. The Morgan fingerprint density at radius 2 is 2.20 bits per heavy atom. The highest BCUT2D eigenvalue weighted by molar-refractivity contribution is 5.84. The van der Waals surface area contributed by atoms with Gasteiger partial charge in [-0.3, -0.25) is 9.59 Å². The zero-order valence-corrected chi connectivity index (χ0v) is 9.30. The minimum atomic E-state index is -0.562. The smallest absolute Gasteiger partial charge is 0.237 e. The molecule has 5 heteroatoms. The molecule has 86 valence electrons. The van der Waals surface area contributed by atoms with Gasteiger partial charge in [0.15, 0.2) is 0 Å². The van der Waals surface area contributed by atoms with Gasteiger partial charge in [0, 0.05) is 12.0 Å². The fourth-order valence-corrected chi connectivity index (χ4v) is 1.81. The van der Waals surface area contributed by atoms with Crippen molar-refractivity contribution in [3.05, 3.63) is 0 Å². The van der Waals surface area contributed by atoms with Crippen LogP contribution in [0.5, 0.6) is 0 Å². The number of hydrogen-bond donors (Lipinski definition) is 3. The third-order valence-corrected chi connectivity index (χ3v) is 2.45. The van der Waals surface area contributed by atoms with Crippen molar-refractivity contribution in [2.45, 2.75) is 44.7 Å². The van der Waals surface area contributed by atoms with Crippen molar-refractivity contribution >= 4 is 11.8 Å². The first-order valence-corrected chi connectivity index (χ1v) is 5.24. The summed E-state index contributed by atoms with van der Waals surface area (Å²) in [5, 5.41) is 5.93. The summed E-state index contributed by atoms with van der Waals surface area (Å²) in [5.41, 5.74) is 4.54. The Morgan fingerprint density at radius 1 is 1.53 bits per heavy atom. The molecule has 1 fully saturated rings. The van der Waals surface area contributed by atoms with Crippen LogP contribution < -0.4 is 16.4 Å². The second-order valence-corrected chi connectivity index (χ2v) is 4.67. The summed E-state index contributed by atoms with van der Waals surface area (Å²) in [6.07, 6.45) is 2.04. The summed E-state index contributed by atoms with van der Waals surface area (Å²) in [4.78, 5) is 22.5. The van der Waals surface area contributed by atoms with Crippen molar-refractivity contribution in [3.8, 4) is 0 Å². The molecule has 0 spiro atoms. The fraction of sp³-hybridized carbons (Fsp3) is 0.800. The van der Waals surface area contributed by atoms with Crippen LogP contribution in [0.25, 0.3) is 0 Å². The number of nitrogens with one attached hydrogen (secondary N) is 2. The molecule has 1 atom stereocenters. The summed E-state index contributed by atoms with van der Waals surface area (Å²) in [7, 11) is 0. The Hall–Kier alpha value is -1.10. The Kier molecular flexibility index (Phi) is 3.68. The molecule has 1 aliphatic rings. The molecular weight excluding hydrogens is 194 g/mol. The Labute approximate surface area is 89.8 Å². The van der Waals surface area contributed by atoms with Gasteiger partial charge in [0.1, 0.15) is 0 Å². The first-order valence-electron chi connectivity index (χ1n) is 5.24. The molecular formula is C10H19N3O2. The van der Waals surface area contributed by atoms with Crippen molar-refractivity contribution in [2.75, 3.05) is 6.54 Å². The van der Waals surface area contributed by atoms with E-state index < -0.39 is 11.4 Å². The van der Waals surface area contributed by atoms with E-state index in [2.05, 4.69) is 10.6 Å². The first-order chi connectivity index (χ1) is 6.91. The van der Waals surface area contributed by atoms with E-state index in [0.29, 0.717) is 0 Å². The average Bonchev–Trinajstić information content (AvgIpc) is 2.50. The van der Waals surface area contributed by atoms with E-state index >= 15 is 0 Å². The van der Waals surface area contributed by atoms with Crippen LogP contribution in [-0.4, -0.2) is 29.9 Å². The molecule has 0 saturated carbocycles. The lowest BCUT2D eigenvalue weighted by Crippen LogP contribution is -2.51. The second-order valence-electron chi connectivity index (χ2n) is 4.67. The highest BCUT2D eigenvalue weighted by Crippen LogP contribution is 2.11. The highest BCUT2D eigenvalue weighted by Gasteiger charge is 2.28. The normalized spacial score (nSPS) is 21.3. The van der Waals surface area contributed by atoms with Crippen molar-refractivity contribution < 1.29 is 9.59 Å². The summed E-state index contributed by atoms with van der Waals surface area (Å²) in [5.74, 6) is -0.446. The van der Waals surface area contributed by atoms with Gasteiger partial charge >= 0.3 is 0 Å². The van der Waals surface area contributed by atoms with Crippen LogP contribution in [0.3, 0.4) is 0 Å². The number of hydrogen-bond acceptors (Lipinski definition) is 3. The Balaban J connectivity index is 2.44. The molecule has 2 amide bonds. The minimum absolute atomic E-state index is 0.0428. The molecule has 1 saturated heterocycles.